The van der Waals surface area contributed by atoms with Gasteiger partial charge in [0.15, 0.2) is 11.5 Å². The van der Waals surface area contributed by atoms with E-state index in [-0.39, 0.29) is 17.4 Å². The van der Waals surface area contributed by atoms with E-state index in [9.17, 15) is 13.6 Å². The maximum absolute atomic E-state index is 12.4. The van der Waals surface area contributed by atoms with Gasteiger partial charge in [-0.2, -0.15) is 8.78 Å². The SMILES string of the molecule is COc1cc(C=CC(=O)Nc2cccc3ccc(C)nc23)ccc1OC(F)F. The number of benzene rings is 2. The van der Waals surface area contributed by atoms with E-state index in [1.165, 1.54) is 25.3 Å². The maximum atomic E-state index is 12.4. The number of para-hydroxylation sites is 1. The summed E-state index contributed by atoms with van der Waals surface area (Å²) in [7, 11) is 1.35. The smallest absolute Gasteiger partial charge is 0.387 e. The van der Waals surface area contributed by atoms with E-state index in [0.717, 1.165) is 11.1 Å². The Morgan fingerprint density at radius 1 is 1.14 bits per heavy atom. The zero-order chi connectivity index (χ0) is 20.1. The lowest BCUT2D eigenvalue weighted by molar-refractivity contribution is -0.111. The predicted molar refractivity (Wildman–Crippen MR) is 104 cm³/mol. The van der Waals surface area contributed by atoms with Crippen molar-refractivity contribution >= 4 is 28.6 Å². The number of carbonyl (C=O) groups excluding carboxylic acids is 1. The van der Waals surface area contributed by atoms with Crippen LogP contribution < -0.4 is 14.8 Å². The van der Waals surface area contributed by atoms with Gasteiger partial charge >= 0.3 is 6.61 Å². The number of ether oxygens (including phenoxy) is 2. The van der Waals surface area contributed by atoms with Gasteiger partial charge in [-0.1, -0.05) is 24.3 Å². The minimum Gasteiger partial charge on any atom is -0.493 e. The van der Waals surface area contributed by atoms with E-state index in [0.29, 0.717) is 16.8 Å². The Bertz CT molecular complexity index is 1040. The topological polar surface area (TPSA) is 60.5 Å². The van der Waals surface area contributed by atoms with Gasteiger partial charge in [-0.05, 0) is 42.8 Å². The lowest BCUT2D eigenvalue weighted by atomic mass is 10.1. The van der Waals surface area contributed by atoms with Crippen LogP contribution in [-0.4, -0.2) is 24.6 Å². The van der Waals surface area contributed by atoms with Crippen molar-refractivity contribution in [2.75, 3.05) is 12.4 Å². The van der Waals surface area contributed by atoms with E-state index >= 15 is 0 Å². The van der Waals surface area contributed by atoms with Crippen molar-refractivity contribution in [3.8, 4) is 11.5 Å². The van der Waals surface area contributed by atoms with Gasteiger partial charge in [0.05, 0.1) is 18.3 Å². The van der Waals surface area contributed by atoms with E-state index in [1.54, 1.807) is 18.2 Å². The number of fused-ring (bicyclic) bond motifs is 1. The number of methoxy groups -OCH3 is 1. The molecule has 0 saturated carbocycles. The van der Waals surface area contributed by atoms with Crippen molar-refractivity contribution in [2.45, 2.75) is 13.5 Å². The van der Waals surface area contributed by atoms with Gasteiger partial charge in [-0.3, -0.25) is 9.78 Å². The molecule has 1 amide bonds. The minimum absolute atomic E-state index is 0.0729. The molecule has 0 radical (unpaired) electrons. The number of nitrogens with zero attached hydrogens (tertiary/aromatic N) is 1. The summed E-state index contributed by atoms with van der Waals surface area (Å²) in [6, 6.07) is 13.8. The number of amides is 1. The molecule has 7 heteroatoms. The molecule has 5 nitrogen and oxygen atoms in total. The van der Waals surface area contributed by atoms with Crippen molar-refractivity contribution in [3.63, 3.8) is 0 Å². The van der Waals surface area contributed by atoms with Gasteiger partial charge in [-0.15, -0.1) is 0 Å². The molecule has 1 heterocycles. The molecule has 0 saturated heterocycles. The number of rotatable bonds is 6. The van der Waals surface area contributed by atoms with Gasteiger partial charge in [-0.25, -0.2) is 0 Å². The molecule has 0 atom stereocenters. The highest BCUT2D eigenvalue weighted by molar-refractivity contribution is 6.06. The second-order valence-corrected chi connectivity index (χ2v) is 5.94. The van der Waals surface area contributed by atoms with E-state index < -0.39 is 6.61 Å². The van der Waals surface area contributed by atoms with Crippen LogP contribution in [0.4, 0.5) is 14.5 Å². The first kappa shape index (κ1) is 19.3. The number of alkyl halides is 2. The third kappa shape index (κ3) is 4.62. The fraction of sp³-hybridized carbons (Fsp3) is 0.143. The molecule has 0 unspecified atom stereocenters. The van der Waals surface area contributed by atoms with E-state index in [1.807, 2.05) is 31.2 Å². The third-order valence-electron chi connectivity index (χ3n) is 3.95. The number of nitrogens with one attached hydrogen (secondary N) is 1. The molecule has 1 aromatic heterocycles. The molecule has 0 fully saturated rings. The van der Waals surface area contributed by atoms with Gasteiger partial charge in [0.1, 0.15) is 0 Å². The monoisotopic (exact) mass is 384 g/mol. The quantitative estimate of drug-likeness (QED) is 0.620. The normalized spacial score (nSPS) is 11.2. The Balaban J connectivity index is 1.76. The fourth-order valence-electron chi connectivity index (χ4n) is 2.67. The third-order valence-corrected chi connectivity index (χ3v) is 3.95. The summed E-state index contributed by atoms with van der Waals surface area (Å²) in [6.45, 7) is -1.06. The molecule has 144 valence electrons. The maximum Gasteiger partial charge on any atom is 0.387 e. The zero-order valence-corrected chi connectivity index (χ0v) is 15.3. The van der Waals surface area contributed by atoms with Crippen LogP contribution in [-0.2, 0) is 4.79 Å². The number of carbonyl (C=O) groups is 1. The number of hydrogen-bond donors (Lipinski definition) is 1. The Morgan fingerprint density at radius 2 is 1.96 bits per heavy atom. The molecule has 3 rings (SSSR count). The highest BCUT2D eigenvalue weighted by Crippen LogP contribution is 2.30. The second kappa shape index (κ2) is 8.47. The Hall–Kier alpha value is -3.48. The average Bonchev–Trinajstić information content (AvgIpc) is 2.67. The zero-order valence-electron chi connectivity index (χ0n) is 15.3. The fourth-order valence-corrected chi connectivity index (χ4v) is 2.67. The van der Waals surface area contributed by atoms with Gasteiger partial charge < -0.3 is 14.8 Å². The lowest BCUT2D eigenvalue weighted by Gasteiger charge is -2.10. The van der Waals surface area contributed by atoms with Crippen LogP contribution in [0.5, 0.6) is 11.5 Å². The Morgan fingerprint density at radius 3 is 2.71 bits per heavy atom. The van der Waals surface area contributed by atoms with Gasteiger partial charge in [0.25, 0.3) is 0 Å². The molecule has 28 heavy (non-hydrogen) atoms. The van der Waals surface area contributed by atoms with Crippen LogP contribution in [0.1, 0.15) is 11.3 Å². The first-order valence-electron chi connectivity index (χ1n) is 8.44. The number of pyridine rings is 1. The molecule has 0 spiro atoms. The summed E-state index contributed by atoms with van der Waals surface area (Å²) in [5.41, 5.74) is 2.76. The summed E-state index contributed by atoms with van der Waals surface area (Å²) < 4.78 is 34.2. The van der Waals surface area contributed by atoms with Crippen LogP contribution in [0.3, 0.4) is 0 Å². The number of anilines is 1. The number of aryl methyl sites for hydroxylation is 1. The minimum atomic E-state index is -2.95. The van der Waals surface area contributed by atoms with Crippen LogP contribution in [0.25, 0.3) is 17.0 Å². The molecule has 2 aromatic carbocycles. The summed E-state index contributed by atoms with van der Waals surface area (Å²) in [5, 5.41) is 3.73. The Labute approximate surface area is 160 Å². The summed E-state index contributed by atoms with van der Waals surface area (Å²) in [6.07, 6.45) is 2.89. The van der Waals surface area contributed by atoms with Crippen molar-refractivity contribution in [1.29, 1.82) is 0 Å². The molecule has 3 aromatic rings. The van der Waals surface area contributed by atoms with E-state index in [2.05, 4.69) is 15.0 Å². The highest BCUT2D eigenvalue weighted by Gasteiger charge is 2.10. The Kier molecular flexibility index (Phi) is 5.84. The molecule has 0 aliphatic carbocycles. The molecule has 0 aliphatic rings. The molecular formula is C21H18F2N2O3. The number of aromatic nitrogens is 1. The lowest BCUT2D eigenvalue weighted by Crippen LogP contribution is -2.08. The summed E-state index contributed by atoms with van der Waals surface area (Å²) in [5.74, 6) is -0.268. The summed E-state index contributed by atoms with van der Waals surface area (Å²) in [4.78, 5) is 16.8. The van der Waals surface area contributed by atoms with Crippen LogP contribution in [0.15, 0.2) is 54.6 Å². The van der Waals surface area contributed by atoms with Crippen molar-refractivity contribution in [1.82, 2.24) is 4.98 Å². The van der Waals surface area contributed by atoms with Crippen LogP contribution >= 0.6 is 0 Å². The highest BCUT2D eigenvalue weighted by atomic mass is 19.3. The van der Waals surface area contributed by atoms with Gasteiger partial charge in [0, 0.05) is 17.2 Å². The van der Waals surface area contributed by atoms with Crippen molar-refractivity contribution in [3.05, 3.63) is 65.9 Å². The molecule has 0 bridgehead atoms. The van der Waals surface area contributed by atoms with Crippen molar-refractivity contribution in [2.24, 2.45) is 0 Å². The predicted octanol–water partition coefficient (Wildman–Crippen LogP) is 4.81. The summed E-state index contributed by atoms with van der Waals surface area (Å²) >= 11 is 0. The molecule has 1 N–H and O–H groups in total. The number of halogens is 2. The molecule has 0 aliphatic heterocycles. The van der Waals surface area contributed by atoms with Crippen LogP contribution in [0, 0.1) is 6.92 Å². The molecular weight excluding hydrogens is 366 g/mol. The van der Waals surface area contributed by atoms with Crippen molar-refractivity contribution < 1.29 is 23.0 Å². The van der Waals surface area contributed by atoms with Gasteiger partial charge in [0.2, 0.25) is 5.91 Å². The second-order valence-electron chi connectivity index (χ2n) is 5.94. The largest absolute Gasteiger partial charge is 0.493 e. The standard InChI is InChI=1S/C21H18F2N2O3/c1-13-6-9-15-4-3-5-16(20(15)24-13)25-19(26)11-8-14-7-10-17(28-21(22)23)18(12-14)27-2/h3-12,21H,1-2H3,(H,25,26). The van der Waals surface area contributed by atoms with Crippen LogP contribution in [0.2, 0.25) is 0 Å². The van der Waals surface area contributed by atoms with E-state index in [4.69, 9.17) is 4.74 Å². The number of hydrogen-bond acceptors (Lipinski definition) is 4. The first-order valence-corrected chi connectivity index (χ1v) is 8.44. The first-order chi connectivity index (χ1) is 13.5. The average molecular weight is 384 g/mol.